The lowest BCUT2D eigenvalue weighted by Crippen LogP contribution is -2.47. The van der Waals surface area contributed by atoms with Crippen molar-refractivity contribution in [3.8, 4) is 34.5 Å². The molecule has 0 atom stereocenters. The van der Waals surface area contributed by atoms with Gasteiger partial charge in [0.05, 0.1) is 42.7 Å². The van der Waals surface area contributed by atoms with Crippen molar-refractivity contribution in [2.75, 3.05) is 95.0 Å². The van der Waals surface area contributed by atoms with E-state index in [9.17, 15) is 9.59 Å². The topological polar surface area (TPSA) is 120 Å². The largest absolute Gasteiger partial charge is 0.493 e. The van der Waals surface area contributed by atoms with E-state index in [0.717, 1.165) is 63.2 Å². The molecule has 1 aliphatic rings. The molecule has 0 radical (unpaired) electrons. The predicted octanol–water partition coefficient (Wildman–Crippen LogP) is 4.21. The molecule has 0 saturated carbocycles. The van der Waals surface area contributed by atoms with Crippen LogP contribution < -0.4 is 39.1 Å². The van der Waals surface area contributed by atoms with E-state index in [0.29, 0.717) is 47.6 Å². The van der Waals surface area contributed by atoms with E-state index in [4.69, 9.17) is 28.4 Å². The van der Waals surface area contributed by atoms with Crippen LogP contribution in [0.3, 0.4) is 0 Å². The second kappa shape index (κ2) is 21.9. The summed E-state index contributed by atoms with van der Waals surface area (Å²) in [4.78, 5) is 29.3. The third-order valence-corrected chi connectivity index (χ3v) is 8.03. The van der Waals surface area contributed by atoms with Gasteiger partial charge in [0.25, 0.3) is 0 Å². The van der Waals surface area contributed by atoms with Crippen molar-refractivity contribution in [2.24, 2.45) is 0 Å². The molecule has 12 heteroatoms. The lowest BCUT2D eigenvalue weighted by molar-refractivity contribution is -0.117. The molecule has 50 heavy (non-hydrogen) atoms. The lowest BCUT2D eigenvalue weighted by atomic mass is 10.1. The maximum atomic E-state index is 12.2. The Labute approximate surface area is 296 Å². The number of rotatable bonds is 20. The van der Waals surface area contributed by atoms with Gasteiger partial charge in [0.2, 0.25) is 23.3 Å². The van der Waals surface area contributed by atoms with E-state index < -0.39 is 0 Å². The van der Waals surface area contributed by atoms with Crippen LogP contribution in [0.2, 0.25) is 0 Å². The standard InChI is InChI=1S/C38H52N4O8/c1-45-31-25-29(26-32(46-2)37(31)49-5)13-7-9-15-35(43)39-17-11-19-41-21-23-42(24-22-41)20-12-18-40-36(44)16-10-8-14-30-27-33(47-3)38(50-6)34(28-30)48-4/h7-10,13-16,25-28H,11-12,17-24H2,1-6H3,(H,39,43)(H,40,44). The number of carbonyl (C=O) groups is 2. The third-order valence-electron chi connectivity index (χ3n) is 8.03. The molecule has 1 saturated heterocycles. The Morgan fingerprint density at radius 3 is 1.20 bits per heavy atom. The van der Waals surface area contributed by atoms with Crippen molar-refractivity contribution in [3.05, 3.63) is 71.8 Å². The minimum absolute atomic E-state index is 0.126. The van der Waals surface area contributed by atoms with E-state index in [1.54, 1.807) is 67.0 Å². The zero-order valence-electron chi connectivity index (χ0n) is 30.2. The van der Waals surface area contributed by atoms with Gasteiger partial charge < -0.3 is 48.9 Å². The van der Waals surface area contributed by atoms with Crippen molar-refractivity contribution >= 4 is 24.0 Å². The zero-order valence-corrected chi connectivity index (χ0v) is 30.2. The van der Waals surface area contributed by atoms with Gasteiger partial charge in [-0.15, -0.1) is 0 Å². The maximum Gasteiger partial charge on any atom is 0.243 e. The first-order chi connectivity index (χ1) is 24.3. The minimum atomic E-state index is -0.126. The number of amides is 2. The molecule has 1 heterocycles. The summed E-state index contributed by atoms with van der Waals surface area (Å²) in [6, 6.07) is 7.36. The fourth-order valence-corrected chi connectivity index (χ4v) is 5.40. The van der Waals surface area contributed by atoms with Crippen LogP contribution in [0.25, 0.3) is 12.2 Å². The van der Waals surface area contributed by atoms with Gasteiger partial charge in [-0.2, -0.15) is 0 Å². The molecule has 12 nitrogen and oxygen atoms in total. The van der Waals surface area contributed by atoms with Crippen LogP contribution in [0.1, 0.15) is 24.0 Å². The molecule has 3 rings (SSSR count). The summed E-state index contributed by atoms with van der Waals surface area (Å²) in [5.74, 6) is 3.10. The average Bonchev–Trinajstić information content (AvgIpc) is 3.14. The molecule has 272 valence electrons. The Kier molecular flexibility index (Phi) is 17.3. The molecular weight excluding hydrogens is 640 g/mol. The van der Waals surface area contributed by atoms with Crippen LogP contribution in [0.15, 0.2) is 60.7 Å². The van der Waals surface area contributed by atoms with Gasteiger partial charge in [-0.1, -0.05) is 36.5 Å². The van der Waals surface area contributed by atoms with E-state index >= 15 is 0 Å². The number of carbonyl (C=O) groups excluding carboxylic acids is 2. The number of ether oxygens (including phenoxy) is 6. The van der Waals surface area contributed by atoms with Crippen molar-refractivity contribution < 1.29 is 38.0 Å². The van der Waals surface area contributed by atoms with Gasteiger partial charge >= 0.3 is 0 Å². The fraction of sp³-hybridized carbons (Fsp3) is 0.421. The maximum absolute atomic E-state index is 12.2. The Morgan fingerprint density at radius 1 is 0.560 bits per heavy atom. The molecule has 0 unspecified atom stereocenters. The number of nitrogens with zero attached hydrogens (tertiary/aromatic N) is 2. The van der Waals surface area contributed by atoms with E-state index in [-0.39, 0.29) is 11.8 Å². The first-order valence-electron chi connectivity index (χ1n) is 16.7. The monoisotopic (exact) mass is 692 g/mol. The average molecular weight is 693 g/mol. The van der Waals surface area contributed by atoms with Gasteiger partial charge in [0, 0.05) is 51.4 Å². The van der Waals surface area contributed by atoms with Crippen molar-refractivity contribution in [1.82, 2.24) is 20.4 Å². The highest BCUT2D eigenvalue weighted by atomic mass is 16.5. The summed E-state index contributed by atoms with van der Waals surface area (Å²) in [6.07, 6.45) is 15.5. The second-order valence-corrected chi connectivity index (χ2v) is 11.3. The highest BCUT2D eigenvalue weighted by Crippen LogP contribution is 2.39. The van der Waals surface area contributed by atoms with Gasteiger partial charge in [-0.05, 0) is 61.3 Å². The molecule has 0 spiro atoms. The summed E-state index contributed by atoms with van der Waals surface area (Å²) < 4.78 is 32.2. The fourth-order valence-electron chi connectivity index (χ4n) is 5.40. The summed E-state index contributed by atoms with van der Waals surface area (Å²) in [5, 5.41) is 5.90. The van der Waals surface area contributed by atoms with Crippen LogP contribution in [0, 0.1) is 0 Å². The SMILES string of the molecule is COc1cc(C=CC=CC(=O)NCCCN2CCN(CCCNC(=O)C=CC=Cc3cc(OC)c(OC)c(OC)c3)CC2)cc(OC)c1OC. The minimum Gasteiger partial charge on any atom is -0.493 e. The van der Waals surface area contributed by atoms with E-state index in [2.05, 4.69) is 20.4 Å². The molecule has 0 bridgehead atoms. The van der Waals surface area contributed by atoms with Crippen molar-refractivity contribution in [1.29, 1.82) is 0 Å². The quantitative estimate of drug-likeness (QED) is 0.119. The second-order valence-electron chi connectivity index (χ2n) is 11.3. The Bertz CT molecular complexity index is 1330. The van der Waals surface area contributed by atoms with Crippen molar-refractivity contribution in [3.63, 3.8) is 0 Å². The summed E-state index contributed by atoms with van der Waals surface area (Å²) >= 11 is 0. The van der Waals surface area contributed by atoms with Crippen LogP contribution in [0.4, 0.5) is 0 Å². The van der Waals surface area contributed by atoms with Crippen LogP contribution in [-0.2, 0) is 9.59 Å². The molecule has 0 aliphatic carbocycles. The van der Waals surface area contributed by atoms with Crippen molar-refractivity contribution in [2.45, 2.75) is 12.8 Å². The molecule has 2 amide bonds. The Balaban J connectivity index is 1.25. The molecule has 1 fully saturated rings. The van der Waals surface area contributed by atoms with Crippen LogP contribution in [0.5, 0.6) is 34.5 Å². The first kappa shape index (κ1) is 39.5. The number of nitrogens with one attached hydrogen (secondary N) is 2. The van der Waals surface area contributed by atoms with Gasteiger partial charge in [-0.25, -0.2) is 0 Å². The van der Waals surface area contributed by atoms with Crippen LogP contribution >= 0.6 is 0 Å². The summed E-state index contributed by atoms with van der Waals surface area (Å²) in [6.45, 7) is 7.09. The smallest absolute Gasteiger partial charge is 0.243 e. The highest BCUT2D eigenvalue weighted by molar-refractivity contribution is 5.88. The molecule has 2 aromatic carbocycles. The molecule has 1 aliphatic heterocycles. The lowest BCUT2D eigenvalue weighted by Gasteiger charge is -2.34. The molecule has 2 aromatic rings. The number of methoxy groups -OCH3 is 6. The summed E-state index contributed by atoms with van der Waals surface area (Å²) in [5.41, 5.74) is 1.72. The zero-order chi connectivity index (χ0) is 36.1. The Hall–Kier alpha value is -4.94. The normalized spacial score (nSPS) is 14.0. The Morgan fingerprint density at radius 2 is 0.900 bits per heavy atom. The molecular formula is C38H52N4O8. The van der Waals surface area contributed by atoms with E-state index in [1.807, 2.05) is 36.4 Å². The van der Waals surface area contributed by atoms with Gasteiger partial charge in [0.1, 0.15) is 0 Å². The summed E-state index contributed by atoms with van der Waals surface area (Å²) in [7, 11) is 9.42. The van der Waals surface area contributed by atoms with Gasteiger partial charge in [0.15, 0.2) is 23.0 Å². The molecule has 2 N–H and O–H groups in total. The van der Waals surface area contributed by atoms with E-state index in [1.165, 1.54) is 12.2 Å². The van der Waals surface area contributed by atoms with Crippen LogP contribution in [-0.4, -0.2) is 117 Å². The third kappa shape index (κ3) is 12.8. The number of hydrogen-bond acceptors (Lipinski definition) is 10. The first-order valence-corrected chi connectivity index (χ1v) is 16.7. The number of allylic oxidation sites excluding steroid dienone is 4. The predicted molar refractivity (Wildman–Crippen MR) is 197 cm³/mol. The highest BCUT2D eigenvalue weighted by Gasteiger charge is 2.16. The number of hydrogen-bond donors (Lipinski definition) is 2. The number of piperazine rings is 1. The van der Waals surface area contributed by atoms with Gasteiger partial charge in [-0.3, -0.25) is 9.59 Å². The molecule has 0 aromatic heterocycles. The number of benzene rings is 2.